The quantitative estimate of drug-likeness (QED) is 0.641. The molecule has 2 fully saturated rings. The maximum absolute atomic E-state index is 12.9. The topological polar surface area (TPSA) is 73.5 Å². The summed E-state index contributed by atoms with van der Waals surface area (Å²) in [5.74, 6) is 0.167. The highest BCUT2D eigenvalue weighted by Crippen LogP contribution is 2.17. The lowest BCUT2D eigenvalue weighted by atomic mass is 9.97. The lowest BCUT2D eigenvalue weighted by molar-refractivity contribution is -0.123. The van der Waals surface area contributed by atoms with Crippen molar-refractivity contribution in [2.75, 3.05) is 38.0 Å². The van der Waals surface area contributed by atoms with Crippen molar-refractivity contribution in [3.05, 3.63) is 30.1 Å². The lowest BCUT2D eigenvalue weighted by Gasteiger charge is -2.32. The molecule has 0 radical (unpaired) electrons. The summed E-state index contributed by atoms with van der Waals surface area (Å²) >= 11 is 0. The van der Waals surface area contributed by atoms with E-state index in [0.29, 0.717) is 31.1 Å². The molecule has 0 bridgehead atoms. The highest BCUT2D eigenvalue weighted by molar-refractivity contribution is 5.90. The predicted octanol–water partition coefficient (Wildman–Crippen LogP) is 2.16. The molecule has 2 amide bonds. The Labute approximate surface area is 172 Å². The first-order chi connectivity index (χ1) is 13.1. The van der Waals surface area contributed by atoms with Crippen LogP contribution < -0.4 is 16.0 Å². The third kappa shape index (κ3) is 7.04. The number of nitrogens with zero attached hydrogens (tertiary/aromatic N) is 1. The standard InChI is InChI=1S/C20H29FN4O2.ClH/c21-16-5-7-17(8-6-16)24-19(26)9-12-25-11-2-3-15(14-25)13-23-20(27)18-4-1-10-22-18;/h5-8,15,18,22H,1-4,9-14H2,(H,23,27)(H,24,26);1H. The van der Waals surface area contributed by atoms with Crippen molar-refractivity contribution in [1.29, 1.82) is 0 Å². The Bertz CT molecular complexity index is 638. The van der Waals surface area contributed by atoms with Gasteiger partial charge in [0.2, 0.25) is 11.8 Å². The van der Waals surface area contributed by atoms with Gasteiger partial charge in [-0.3, -0.25) is 9.59 Å². The molecule has 8 heteroatoms. The zero-order chi connectivity index (χ0) is 19.1. The van der Waals surface area contributed by atoms with Crippen LogP contribution in [0.3, 0.4) is 0 Å². The predicted molar refractivity (Wildman–Crippen MR) is 110 cm³/mol. The summed E-state index contributed by atoms with van der Waals surface area (Å²) in [6.45, 7) is 4.22. The fourth-order valence-electron chi connectivity index (χ4n) is 3.81. The summed E-state index contributed by atoms with van der Waals surface area (Å²) in [5, 5.41) is 9.09. The van der Waals surface area contributed by atoms with E-state index in [1.54, 1.807) is 12.1 Å². The lowest BCUT2D eigenvalue weighted by Crippen LogP contribution is -2.45. The van der Waals surface area contributed by atoms with E-state index in [0.717, 1.165) is 45.3 Å². The molecule has 2 saturated heterocycles. The Morgan fingerprint density at radius 2 is 1.96 bits per heavy atom. The van der Waals surface area contributed by atoms with E-state index in [1.807, 2.05) is 0 Å². The summed E-state index contributed by atoms with van der Waals surface area (Å²) in [6.07, 6.45) is 4.59. The van der Waals surface area contributed by atoms with Gasteiger partial charge in [0.05, 0.1) is 6.04 Å². The largest absolute Gasteiger partial charge is 0.354 e. The van der Waals surface area contributed by atoms with Crippen LogP contribution in [-0.2, 0) is 9.59 Å². The van der Waals surface area contributed by atoms with Gasteiger partial charge in [0.15, 0.2) is 0 Å². The van der Waals surface area contributed by atoms with Gasteiger partial charge in [0.1, 0.15) is 5.82 Å². The van der Waals surface area contributed by atoms with Crippen LogP contribution in [0.5, 0.6) is 0 Å². The Morgan fingerprint density at radius 3 is 2.68 bits per heavy atom. The zero-order valence-corrected chi connectivity index (χ0v) is 16.9. The zero-order valence-electron chi connectivity index (χ0n) is 16.1. The highest BCUT2D eigenvalue weighted by Gasteiger charge is 2.24. The SMILES string of the molecule is Cl.O=C(CCN1CCCC(CNC(=O)C2CCCN2)C1)Nc1ccc(F)cc1. The molecule has 1 aromatic carbocycles. The molecule has 2 aliphatic rings. The molecule has 2 unspecified atom stereocenters. The van der Waals surface area contributed by atoms with Crippen LogP contribution in [0.25, 0.3) is 0 Å². The van der Waals surface area contributed by atoms with Crippen molar-refractivity contribution in [3.8, 4) is 0 Å². The van der Waals surface area contributed by atoms with E-state index < -0.39 is 0 Å². The van der Waals surface area contributed by atoms with Gasteiger partial charge in [-0.05, 0) is 69.0 Å². The van der Waals surface area contributed by atoms with E-state index in [4.69, 9.17) is 0 Å². The molecule has 156 valence electrons. The van der Waals surface area contributed by atoms with Crippen LogP contribution in [0.1, 0.15) is 32.1 Å². The van der Waals surface area contributed by atoms with Crippen LogP contribution >= 0.6 is 12.4 Å². The summed E-state index contributed by atoms with van der Waals surface area (Å²) < 4.78 is 12.9. The number of likely N-dealkylation sites (tertiary alicyclic amines) is 1. The van der Waals surface area contributed by atoms with Crippen LogP contribution in [0.15, 0.2) is 24.3 Å². The van der Waals surface area contributed by atoms with Crippen molar-refractivity contribution in [3.63, 3.8) is 0 Å². The van der Waals surface area contributed by atoms with Gasteiger partial charge in [-0.2, -0.15) is 0 Å². The minimum Gasteiger partial charge on any atom is -0.354 e. The second-order valence-corrected chi connectivity index (χ2v) is 7.51. The summed E-state index contributed by atoms with van der Waals surface area (Å²) in [7, 11) is 0. The molecular formula is C20H30ClFN4O2. The van der Waals surface area contributed by atoms with Gasteiger partial charge in [0, 0.05) is 31.7 Å². The summed E-state index contributed by atoms with van der Waals surface area (Å²) in [6, 6.07) is 5.76. The number of nitrogens with one attached hydrogen (secondary N) is 3. The second-order valence-electron chi connectivity index (χ2n) is 7.51. The van der Waals surface area contributed by atoms with Crippen LogP contribution in [0, 0.1) is 11.7 Å². The number of carbonyl (C=O) groups excluding carboxylic acids is 2. The van der Waals surface area contributed by atoms with Gasteiger partial charge in [0.25, 0.3) is 0 Å². The van der Waals surface area contributed by atoms with E-state index in [1.165, 1.54) is 12.1 Å². The Balaban J connectivity index is 0.00000280. The van der Waals surface area contributed by atoms with Crippen LogP contribution in [-0.4, -0.2) is 55.5 Å². The second kappa shape index (κ2) is 11.3. The summed E-state index contributed by atoms with van der Waals surface area (Å²) in [5.41, 5.74) is 0.612. The molecule has 0 spiro atoms. The first-order valence-electron chi connectivity index (χ1n) is 9.89. The monoisotopic (exact) mass is 412 g/mol. The molecule has 1 aromatic rings. The molecular weight excluding hydrogens is 383 g/mol. The number of piperidine rings is 1. The maximum atomic E-state index is 12.9. The van der Waals surface area contributed by atoms with Crippen LogP contribution in [0.2, 0.25) is 0 Å². The Hall–Kier alpha value is -1.70. The number of halogens is 2. The van der Waals surface area contributed by atoms with Crippen molar-refractivity contribution in [2.45, 2.75) is 38.1 Å². The van der Waals surface area contributed by atoms with E-state index in [9.17, 15) is 14.0 Å². The van der Waals surface area contributed by atoms with Crippen molar-refractivity contribution in [2.24, 2.45) is 5.92 Å². The Morgan fingerprint density at radius 1 is 1.18 bits per heavy atom. The fourth-order valence-corrected chi connectivity index (χ4v) is 3.81. The number of hydrogen-bond donors (Lipinski definition) is 3. The molecule has 0 saturated carbocycles. The minimum atomic E-state index is -0.317. The average molecular weight is 413 g/mol. The first kappa shape index (κ1) is 22.6. The Kier molecular flexibility index (Phi) is 9.15. The summed E-state index contributed by atoms with van der Waals surface area (Å²) in [4.78, 5) is 26.5. The van der Waals surface area contributed by atoms with Gasteiger partial charge in [-0.1, -0.05) is 0 Å². The van der Waals surface area contributed by atoms with E-state index in [-0.39, 0.29) is 36.1 Å². The average Bonchev–Trinajstić information content (AvgIpc) is 3.22. The molecule has 3 N–H and O–H groups in total. The molecule has 6 nitrogen and oxygen atoms in total. The number of benzene rings is 1. The molecule has 0 aromatic heterocycles. The third-order valence-electron chi connectivity index (χ3n) is 5.33. The van der Waals surface area contributed by atoms with Crippen LogP contribution in [0.4, 0.5) is 10.1 Å². The normalized spacial score (nSPS) is 22.3. The number of carbonyl (C=O) groups is 2. The number of rotatable bonds is 7. The van der Waals surface area contributed by atoms with E-state index >= 15 is 0 Å². The number of hydrogen-bond acceptors (Lipinski definition) is 4. The number of anilines is 1. The van der Waals surface area contributed by atoms with Crippen molar-refractivity contribution >= 4 is 29.9 Å². The van der Waals surface area contributed by atoms with Gasteiger partial charge >= 0.3 is 0 Å². The highest BCUT2D eigenvalue weighted by atomic mass is 35.5. The molecule has 28 heavy (non-hydrogen) atoms. The minimum absolute atomic E-state index is 0. The van der Waals surface area contributed by atoms with E-state index in [2.05, 4.69) is 20.9 Å². The molecule has 0 aliphatic carbocycles. The van der Waals surface area contributed by atoms with Crippen molar-refractivity contribution in [1.82, 2.24) is 15.5 Å². The van der Waals surface area contributed by atoms with Crippen molar-refractivity contribution < 1.29 is 14.0 Å². The molecule has 2 aliphatic heterocycles. The smallest absolute Gasteiger partial charge is 0.237 e. The molecule has 3 rings (SSSR count). The van der Waals surface area contributed by atoms with Gasteiger partial charge in [-0.25, -0.2) is 4.39 Å². The molecule has 2 atom stereocenters. The fraction of sp³-hybridized carbons (Fsp3) is 0.600. The van der Waals surface area contributed by atoms with Gasteiger partial charge < -0.3 is 20.9 Å². The van der Waals surface area contributed by atoms with Gasteiger partial charge in [-0.15, -0.1) is 12.4 Å². The number of amides is 2. The third-order valence-corrected chi connectivity index (χ3v) is 5.33. The molecule has 2 heterocycles. The maximum Gasteiger partial charge on any atom is 0.237 e. The first-order valence-corrected chi connectivity index (χ1v) is 9.89.